The van der Waals surface area contributed by atoms with Crippen molar-refractivity contribution in [2.45, 2.75) is 55.9 Å². The maximum Gasteiger partial charge on any atom is 0.330 e. The summed E-state index contributed by atoms with van der Waals surface area (Å²) in [4.78, 5) is 37.1. The lowest BCUT2D eigenvalue weighted by Crippen LogP contribution is -2.57. The summed E-state index contributed by atoms with van der Waals surface area (Å²) in [5.74, 6) is -0.909. The van der Waals surface area contributed by atoms with Crippen LogP contribution in [0.2, 0.25) is 5.02 Å². The third-order valence-electron chi connectivity index (χ3n) is 10.8. The Morgan fingerprint density at radius 3 is 2.73 bits per heavy atom. The van der Waals surface area contributed by atoms with Crippen LogP contribution < -0.4 is 15.4 Å². The Kier molecular flexibility index (Phi) is 7.53. The minimum atomic E-state index is -0.959. The number of thiazole rings is 1. The first kappa shape index (κ1) is 32.2. The van der Waals surface area contributed by atoms with Crippen LogP contribution in [-0.4, -0.2) is 96.9 Å². The highest BCUT2D eigenvalue weighted by atomic mass is 35.5. The molecule has 7 heterocycles. The second kappa shape index (κ2) is 11.9. The molecule has 2 bridgehead atoms. The first-order valence-electron chi connectivity index (χ1n) is 16.7. The number of hydrogen-bond acceptors (Lipinski definition) is 11. The molecule has 4 aliphatic heterocycles. The Morgan fingerprint density at radius 2 is 1.96 bits per heavy atom. The first-order chi connectivity index (χ1) is 24.6. The number of carbonyl (C=O) groups excluding carboxylic acids is 1. The van der Waals surface area contributed by atoms with Crippen molar-refractivity contribution in [3.63, 3.8) is 0 Å². The number of amides is 1. The molecule has 4 fully saturated rings. The van der Waals surface area contributed by atoms with Crippen molar-refractivity contribution in [3.05, 3.63) is 53.1 Å². The Balaban J connectivity index is 1.13. The number of carbonyl (C=O) groups is 1. The molecule has 5 aromatic rings. The fourth-order valence-electron chi connectivity index (χ4n) is 8.56. The van der Waals surface area contributed by atoms with E-state index >= 15 is 4.39 Å². The Bertz CT molecular complexity index is 2280. The molecule has 12 nitrogen and oxygen atoms in total. The average molecular weight is 735 g/mol. The minimum absolute atomic E-state index is 0.0146. The van der Waals surface area contributed by atoms with E-state index in [1.54, 1.807) is 6.07 Å². The number of fused-ring (bicyclic) bond motifs is 5. The number of nitrogens with two attached hydrogens (primary N) is 1. The molecule has 2 aromatic carbocycles. The SMILES string of the molecule is N#Cc1cn(C(=O)N2C3CCC2CN(c2nc(OC[C@@]45CCCN4C[C@H](F)C5)nc4c(F)c(-c5ccc(F)c6sc(N)nc56)c(Cl)cc24)C3)cn1. The summed E-state index contributed by atoms with van der Waals surface area (Å²) in [5.41, 5.74) is 5.95. The zero-order chi connectivity index (χ0) is 35.2. The van der Waals surface area contributed by atoms with E-state index in [-0.39, 0.29) is 73.4 Å². The number of nitriles is 1. The molecular weight excluding hydrogens is 705 g/mol. The fourth-order valence-corrected chi connectivity index (χ4v) is 9.62. The Morgan fingerprint density at radius 1 is 1.16 bits per heavy atom. The van der Waals surface area contributed by atoms with Gasteiger partial charge in [-0.25, -0.2) is 27.9 Å². The molecule has 51 heavy (non-hydrogen) atoms. The summed E-state index contributed by atoms with van der Waals surface area (Å²) in [6.07, 6.45) is 5.29. The summed E-state index contributed by atoms with van der Waals surface area (Å²) in [5, 5.41) is 9.71. The summed E-state index contributed by atoms with van der Waals surface area (Å²) in [7, 11) is 0. The highest BCUT2D eigenvalue weighted by Gasteiger charge is 2.50. The monoisotopic (exact) mass is 734 g/mol. The summed E-state index contributed by atoms with van der Waals surface area (Å²) >= 11 is 7.82. The average Bonchev–Trinajstić information content (AvgIpc) is 3.93. The van der Waals surface area contributed by atoms with Crippen molar-refractivity contribution in [2.24, 2.45) is 0 Å². The number of aromatic nitrogens is 5. The molecule has 9 rings (SSSR count). The van der Waals surface area contributed by atoms with Crippen molar-refractivity contribution in [3.8, 4) is 23.2 Å². The normalized spacial score (nSPS) is 24.5. The van der Waals surface area contributed by atoms with Crippen LogP contribution in [0.4, 0.5) is 28.9 Å². The number of rotatable bonds is 5. The zero-order valence-electron chi connectivity index (χ0n) is 27.0. The lowest BCUT2D eigenvalue weighted by molar-refractivity contribution is 0.107. The number of nitrogens with zero attached hydrogens (tertiary/aromatic N) is 9. The van der Waals surface area contributed by atoms with Crippen LogP contribution in [-0.2, 0) is 0 Å². The van der Waals surface area contributed by atoms with Gasteiger partial charge in [0.25, 0.3) is 0 Å². The molecule has 17 heteroatoms. The van der Waals surface area contributed by atoms with E-state index in [1.165, 1.54) is 29.2 Å². The number of benzene rings is 2. The number of hydrogen-bond donors (Lipinski definition) is 1. The number of ether oxygens (including phenoxy) is 1. The largest absolute Gasteiger partial charge is 0.461 e. The molecule has 1 amide bonds. The second-order valence-electron chi connectivity index (χ2n) is 13.7. The predicted octanol–water partition coefficient (Wildman–Crippen LogP) is 5.76. The van der Waals surface area contributed by atoms with Gasteiger partial charge in [-0.3, -0.25) is 9.47 Å². The molecule has 0 spiro atoms. The van der Waals surface area contributed by atoms with Crippen LogP contribution >= 0.6 is 22.9 Å². The van der Waals surface area contributed by atoms with E-state index in [1.807, 2.05) is 15.9 Å². The summed E-state index contributed by atoms with van der Waals surface area (Å²) in [6, 6.07) is 5.44. The predicted molar refractivity (Wildman–Crippen MR) is 185 cm³/mol. The first-order valence-corrected chi connectivity index (χ1v) is 17.9. The molecule has 4 saturated heterocycles. The topological polar surface area (TPSA) is 142 Å². The van der Waals surface area contributed by atoms with Crippen LogP contribution in [0.5, 0.6) is 6.01 Å². The maximum absolute atomic E-state index is 17.0. The molecule has 0 radical (unpaired) electrons. The number of anilines is 2. The molecule has 0 saturated carbocycles. The second-order valence-corrected chi connectivity index (χ2v) is 15.2. The smallest absolute Gasteiger partial charge is 0.330 e. The highest BCUT2D eigenvalue weighted by Crippen LogP contribution is 2.45. The van der Waals surface area contributed by atoms with Crippen molar-refractivity contribution in [2.75, 3.05) is 43.4 Å². The highest BCUT2D eigenvalue weighted by molar-refractivity contribution is 7.22. The van der Waals surface area contributed by atoms with Gasteiger partial charge in [-0.2, -0.15) is 15.2 Å². The molecule has 0 aliphatic carbocycles. The lowest BCUT2D eigenvalue weighted by atomic mass is 9.95. The quantitative estimate of drug-likeness (QED) is 0.237. The van der Waals surface area contributed by atoms with Gasteiger partial charge in [-0.1, -0.05) is 22.9 Å². The fraction of sp³-hybridized carbons (Fsp3) is 0.412. The van der Waals surface area contributed by atoms with E-state index in [9.17, 15) is 18.8 Å². The summed E-state index contributed by atoms with van der Waals surface area (Å²) < 4.78 is 54.1. The Labute approximate surface area is 298 Å². The Hall–Kier alpha value is -4.72. The number of imidazole rings is 1. The molecule has 4 aliphatic rings. The number of nitrogen functional groups attached to an aromatic ring is 1. The molecular formula is C34H30ClF3N10O2S. The number of alkyl halides is 1. The van der Waals surface area contributed by atoms with E-state index in [0.717, 1.165) is 43.6 Å². The lowest BCUT2D eigenvalue weighted by Gasteiger charge is -2.41. The molecule has 4 atom stereocenters. The van der Waals surface area contributed by atoms with E-state index in [0.29, 0.717) is 37.3 Å². The standard InChI is InChI=1S/C34H30ClF3N10O2S/c35-23-8-22-27(26(38)25(23)21-4-5-24(37)29-28(21)42-31(40)51-29)43-32(50-15-34-6-1-7-47(34)11-17(36)9-34)44-30(22)45-13-19-2-3-20(14-45)48(19)33(49)46-12-18(10-39)41-16-46/h4-5,8,12,16-17,19-20H,1-3,6-7,9,11,13-15H2,(H2,40,42)/t17-,19?,20?,34+/m1/s1. The van der Waals surface area contributed by atoms with Gasteiger partial charge in [-0.15, -0.1) is 0 Å². The van der Waals surface area contributed by atoms with Gasteiger partial charge in [0.2, 0.25) is 0 Å². The van der Waals surface area contributed by atoms with Crippen molar-refractivity contribution in [1.29, 1.82) is 5.26 Å². The van der Waals surface area contributed by atoms with E-state index in [2.05, 4.69) is 19.9 Å². The number of halogens is 4. The van der Waals surface area contributed by atoms with Crippen molar-refractivity contribution in [1.82, 2.24) is 34.3 Å². The van der Waals surface area contributed by atoms with Crippen LogP contribution in [0.3, 0.4) is 0 Å². The van der Waals surface area contributed by atoms with Gasteiger partial charge in [0.1, 0.15) is 42.3 Å². The van der Waals surface area contributed by atoms with Crippen LogP contribution in [0.25, 0.3) is 32.2 Å². The third-order valence-corrected chi connectivity index (χ3v) is 12.0. The van der Waals surface area contributed by atoms with Gasteiger partial charge in [0.15, 0.2) is 16.6 Å². The van der Waals surface area contributed by atoms with Gasteiger partial charge >= 0.3 is 12.0 Å². The zero-order valence-corrected chi connectivity index (χ0v) is 28.6. The maximum atomic E-state index is 17.0. The van der Waals surface area contributed by atoms with Gasteiger partial charge < -0.3 is 20.3 Å². The van der Waals surface area contributed by atoms with Crippen molar-refractivity contribution >= 4 is 61.0 Å². The minimum Gasteiger partial charge on any atom is -0.461 e. The molecule has 262 valence electrons. The van der Waals surface area contributed by atoms with E-state index in [4.69, 9.17) is 27.1 Å². The van der Waals surface area contributed by atoms with Gasteiger partial charge in [0.05, 0.1) is 39.1 Å². The molecule has 3 aromatic heterocycles. The van der Waals surface area contributed by atoms with E-state index < -0.39 is 23.3 Å². The summed E-state index contributed by atoms with van der Waals surface area (Å²) in [6.45, 7) is 2.03. The van der Waals surface area contributed by atoms with Crippen molar-refractivity contribution < 1.29 is 22.7 Å². The van der Waals surface area contributed by atoms with Gasteiger partial charge in [0, 0.05) is 42.6 Å². The van der Waals surface area contributed by atoms with Crippen LogP contribution in [0.15, 0.2) is 30.7 Å². The van der Waals surface area contributed by atoms with Gasteiger partial charge in [-0.05, 0) is 50.4 Å². The number of piperazine rings is 1. The third kappa shape index (κ3) is 5.15. The van der Waals surface area contributed by atoms with Crippen LogP contribution in [0, 0.1) is 23.0 Å². The molecule has 2 unspecified atom stereocenters. The molecule has 2 N–H and O–H groups in total. The van der Waals surface area contributed by atoms with Crippen LogP contribution in [0.1, 0.15) is 37.8 Å².